The Morgan fingerprint density at radius 2 is 1.70 bits per heavy atom. The largest absolute Gasteiger partial charge is 0.395 e. The van der Waals surface area contributed by atoms with Gasteiger partial charge in [0.25, 0.3) is 0 Å². The van der Waals surface area contributed by atoms with Gasteiger partial charge >= 0.3 is 6.18 Å². The molecule has 0 aliphatic carbocycles. The van der Waals surface area contributed by atoms with E-state index in [1.165, 1.54) is 0 Å². The molecule has 20 heavy (non-hydrogen) atoms. The number of ether oxygens (including phenoxy) is 2. The molecular formula is C14H24F3NO2. The van der Waals surface area contributed by atoms with E-state index >= 15 is 0 Å². The zero-order valence-corrected chi connectivity index (χ0v) is 12.4. The van der Waals surface area contributed by atoms with Gasteiger partial charge in [-0.05, 0) is 33.6 Å². The van der Waals surface area contributed by atoms with Crippen LogP contribution < -0.4 is 0 Å². The molecule has 0 N–H and O–H groups in total. The van der Waals surface area contributed by atoms with Gasteiger partial charge in [0.1, 0.15) is 0 Å². The van der Waals surface area contributed by atoms with E-state index in [0.717, 1.165) is 12.8 Å². The number of rotatable bonds is 4. The molecule has 3 nitrogen and oxygen atoms in total. The lowest BCUT2D eigenvalue weighted by atomic mass is 10.1. The fourth-order valence-electron chi connectivity index (χ4n) is 2.87. The second-order valence-electron chi connectivity index (χ2n) is 6.78. The van der Waals surface area contributed by atoms with Crippen LogP contribution in [0.1, 0.15) is 33.6 Å². The quantitative estimate of drug-likeness (QED) is 0.796. The molecule has 2 heterocycles. The Morgan fingerprint density at radius 3 is 2.15 bits per heavy atom. The van der Waals surface area contributed by atoms with E-state index < -0.39 is 17.7 Å². The average Bonchev–Trinajstić information content (AvgIpc) is 2.52. The Balaban J connectivity index is 1.97. The normalized spacial score (nSPS) is 29.7. The van der Waals surface area contributed by atoms with E-state index in [-0.39, 0.29) is 25.2 Å². The average molecular weight is 295 g/mol. The predicted octanol–water partition coefficient (Wildman–Crippen LogP) is 2.84. The van der Waals surface area contributed by atoms with Crippen molar-refractivity contribution in [1.82, 2.24) is 4.90 Å². The Morgan fingerprint density at radius 1 is 1.15 bits per heavy atom. The van der Waals surface area contributed by atoms with Crippen molar-refractivity contribution in [2.24, 2.45) is 5.92 Å². The summed E-state index contributed by atoms with van der Waals surface area (Å²) in [4.78, 5) is 1.98. The van der Waals surface area contributed by atoms with Gasteiger partial charge in [0.2, 0.25) is 0 Å². The Bertz CT molecular complexity index is 311. The van der Waals surface area contributed by atoms with Crippen molar-refractivity contribution >= 4 is 0 Å². The topological polar surface area (TPSA) is 21.7 Å². The first-order valence-electron chi connectivity index (χ1n) is 7.21. The lowest BCUT2D eigenvalue weighted by Crippen LogP contribution is -2.50. The van der Waals surface area contributed by atoms with Crippen LogP contribution in [-0.4, -0.2) is 55.1 Å². The van der Waals surface area contributed by atoms with Gasteiger partial charge in [0.15, 0.2) is 0 Å². The molecule has 2 rings (SSSR count). The van der Waals surface area contributed by atoms with E-state index in [9.17, 15) is 13.2 Å². The Labute approximate surface area is 118 Å². The van der Waals surface area contributed by atoms with E-state index in [1.807, 2.05) is 4.90 Å². The van der Waals surface area contributed by atoms with Crippen molar-refractivity contribution in [1.29, 1.82) is 0 Å². The monoisotopic (exact) mass is 295 g/mol. The molecule has 0 radical (unpaired) electrons. The maximum atomic E-state index is 13.2. The molecule has 3 atom stereocenters. The molecule has 0 spiro atoms. The van der Waals surface area contributed by atoms with Gasteiger partial charge in [0, 0.05) is 18.6 Å². The number of halogens is 3. The summed E-state index contributed by atoms with van der Waals surface area (Å²) in [7, 11) is 0. The standard InChI is InChI=1S/C14H24F3NO2/c1-13(2,3)20-7-10(14(15,16)17)6-18-11-4-5-12(18)9-19-8-11/h10-12H,4-9H2,1-3H3/t10-,11?,12?/m0/s1. The summed E-state index contributed by atoms with van der Waals surface area (Å²) in [6, 6.07) is 0.293. The van der Waals surface area contributed by atoms with Crippen LogP contribution in [0.2, 0.25) is 0 Å². The van der Waals surface area contributed by atoms with E-state index in [1.54, 1.807) is 20.8 Å². The molecule has 2 fully saturated rings. The minimum atomic E-state index is -4.22. The number of hydrogen-bond donors (Lipinski definition) is 0. The molecule has 2 aliphatic heterocycles. The molecule has 0 saturated carbocycles. The molecule has 0 aromatic heterocycles. The predicted molar refractivity (Wildman–Crippen MR) is 69.6 cm³/mol. The summed E-state index contributed by atoms with van der Waals surface area (Å²) in [6.45, 7) is 6.20. The maximum Gasteiger partial charge on any atom is 0.395 e. The van der Waals surface area contributed by atoms with Crippen LogP contribution in [0.25, 0.3) is 0 Å². The van der Waals surface area contributed by atoms with Crippen molar-refractivity contribution in [3.05, 3.63) is 0 Å². The molecule has 2 aliphatic rings. The van der Waals surface area contributed by atoms with Crippen LogP contribution in [0.3, 0.4) is 0 Å². The summed E-state index contributed by atoms with van der Waals surface area (Å²) in [5.74, 6) is -1.43. The zero-order valence-electron chi connectivity index (χ0n) is 12.4. The van der Waals surface area contributed by atoms with Crippen LogP contribution in [-0.2, 0) is 9.47 Å². The van der Waals surface area contributed by atoms with E-state index in [0.29, 0.717) is 13.2 Å². The van der Waals surface area contributed by atoms with Crippen molar-refractivity contribution in [2.45, 2.75) is 57.5 Å². The first-order chi connectivity index (χ1) is 9.17. The highest BCUT2D eigenvalue weighted by molar-refractivity contribution is 4.92. The molecule has 0 amide bonds. The van der Waals surface area contributed by atoms with Crippen molar-refractivity contribution < 1.29 is 22.6 Å². The molecule has 2 unspecified atom stereocenters. The van der Waals surface area contributed by atoms with Crippen molar-refractivity contribution in [3.63, 3.8) is 0 Å². The first kappa shape index (κ1) is 16.0. The van der Waals surface area contributed by atoms with Gasteiger partial charge in [-0.25, -0.2) is 0 Å². The molecular weight excluding hydrogens is 271 g/mol. The van der Waals surface area contributed by atoms with Gasteiger partial charge in [-0.2, -0.15) is 13.2 Å². The molecule has 0 aromatic rings. The first-order valence-corrected chi connectivity index (χ1v) is 7.21. The smallest absolute Gasteiger partial charge is 0.378 e. The fourth-order valence-corrected chi connectivity index (χ4v) is 2.87. The highest BCUT2D eigenvalue weighted by atomic mass is 19.4. The van der Waals surface area contributed by atoms with Gasteiger partial charge in [-0.1, -0.05) is 0 Å². The lowest BCUT2D eigenvalue weighted by Gasteiger charge is -2.37. The Kier molecular flexibility index (Phi) is 4.66. The number of alkyl halides is 3. The highest BCUT2D eigenvalue weighted by Gasteiger charge is 2.46. The van der Waals surface area contributed by atoms with Crippen LogP contribution in [0.5, 0.6) is 0 Å². The number of morpholine rings is 1. The van der Waals surface area contributed by atoms with E-state index in [2.05, 4.69) is 0 Å². The second-order valence-corrected chi connectivity index (χ2v) is 6.78. The zero-order chi connectivity index (χ0) is 15.0. The SMILES string of the molecule is CC(C)(C)OC[C@H](CN1C2CCC1COC2)C(F)(F)F. The summed E-state index contributed by atoms with van der Waals surface area (Å²) in [6.07, 6.45) is -2.34. The van der Waals surface area contributed by atoms with Crippen molar-refractivity contribution in [3.8, 4) is 0 Å². The third-order valence-corrected chi connectivity index (χ3v) is 4.00. The van der Waals surface area contributed by atoms with E-state index in [4.69, 9.17) is 9.47 Å². The van der Waals surface area contributed by atoms with Crippen LogP contribution >= 0.6 is 0 Å². The van der Waals surface area contributed by atoms with Gasteiger partial charge in [0.05, 0.1) is 31.3 Å². The van der Waals surface area contributed by atoms with Gasteiger partial charge < -0.3 is 9.47 Å². The van der Waals surface area contributed by atoms with Gasteiger partial charge in [-0.3, -0.25) is 4.90 Å². The summed E-state index contributed by atoms with van der Waals surface area (Å²) in [5, 5.41) is 0. The fraction of sp³-hybridized carbons (Fsp3) is 1.00. The molecule has 2 saturated heterocycles. The lowest BCUT2D eigenvalue weighted by molar-refractivity contribution is -0.205. The molecule has 118 valence electrons. The molecule has 6 heteroatoms. The van der Waals surface area contributed by atoms with Crippen LogP contribution in [0.15, 0.2) is 0 Å². The third-order valence-electron chi connectivity index (χ3n) is 4.00. The third kappa shape index (κ3) is 4.09. The van der Waals surface area contributed by atoms with Crippen LogP contribution in [0.4, 0.5) is 13.2 Å². The number of hydrogen-bond acceptors (Lipinski definition) is 3. The maximum absolute atomic E-state index is 13.2. The summed E-state index contributed by atoms with van der Waals surface area (Å²) in [5.41, 5.74) is -0.548. The minimum Gasteiger partial charge on any atom is -0.378 e. The Hall–Kier alpha value is -0.330. The summed E-state index contributed by atoms with van der Waals surface area (Å²) < 4.78 is 50.3. The van der Waals surface area contributed by atoms with Crippen LogP contribution in [0, 0.1) is 5.92 Å². The van der Waals surface area contributed by atoms with Gasteiger partial charge in [-0.15, -0.1) is 0 Å². The second kappa shape index (κ2) is 5.81. The highest BCUT2D eigenvalue weighted by Crippen LogP contribution is 2.34. The minimum absolute atomic E-state index is 0.0261. The van der Waals surface area contributed by atoms with Crippen molar-refractivity contribution in [2.75, 3.05) is 26.4 Å². The molecule has 0 aromatic carbocycles. The summed E-state index contributed by atoms with van der Waals surface area (Å²) >= 11 is 0. The number of nitrogens with zero attached hydrogens (tertiary/aromatic N) is 1. The number of fused-ring (bicyclic) bond motifs is 2. The molecule has 2 bridgehead atoms.